The number of carboxylic acids is 1. The van der Waals surface area contributed by atoms with Crippen LogP contribution in [-0.4, -0.2) is 54.9 Å². The summed E-state index contributed by atoms with van der Waals surface area (Å²) in [5.74, 6) is -2.22. The fourth-order valence-corrected chi connectivity index (χ4v) is 8.38. The molecule has 5 heterocycles. The maximum absolute atomic E-state index is 12.8. The van der Waals surface area contributed by atoms with Crippen molar-refractivity contribution in [2.45, 2.75) is 50.7 Å². The highest BCUT2D eigenvalue weighted by atomic mass is 79.9. The number of aliphatic carboxylic acids is 1. The van der Waals surface area contributed by atoms with Gasteiger partial charge in [0.25, 0.3) is 6.33 Å². The maximum atomic E-state index is 12.8. The Morgan fingerprint density at radius 3 is 2.40 bits per heavy atom. The third kappa shape index (κ3) is 5.83. The standard InChI is InChI=1S/C30H31N4O5S2.2BrH/c1-17-23(26(30(38)39)34-25(17)24(18(2)36)27(34)37)22-14-33-16-32(28(40-3)29(33)41-22)13-21-6-4-5-20(11-21)12-31-9-7-19(15-35)8-10-31;;/h4-11,14,16-18,24-25,35-36H,12-13,15H2,1-3H3;2*1H/q+1;;/p-1/t17-,18+,24+,25+;;/m0../s1. The van der Waals surface area contributed by atoms with E-state index >= 15 is 0 Å². The summed E-state index contributed by atoms with van der Waals surface area (Å²) < 4.78 is 6.32. The van der Waals surface area contributed by atoms with Crippen molar-refractivity contribution >= 4 is 45.4 Å². The van der Waals surface area contributed by atoms with E-state index in [1.165, 1.54) is 27.4 Å². The number of carboxylic acid groups (broad SMARTS) is 1. The summed E-state index contributed by atoms with van der Waals surface area (Å²) in [6, 6.07) is 12.0. The second-order valence-corrected chi connectivity index (χ2v) is 12.6. The third-order valence-electron chi connectivity index (χ3n) is 8.09. The van der Waals surface area contributed by atoms with Gasteiger partial charge in [-0.25, -0.2) is 13.9 Å². The quantitative estimate of drug-likeness (QED) is 0.0934. The molecule has 1 saturated heterocycles. The van der Waals surface area contributed by atoms with Gasteiger partial charge in [0.1, 0.15) is 18.4 Å². The molecule has 0 radical (unpaired) electrons. The Hall–Kier alpha value is -2.55. The average molecular weight is 753 g/mol. The number of nitrogens with zero attached hydrogens (tertiary/aromatic N) is 4. The Kier molecular flexibility index (Phi) is 10.2. The topological polar surface area (TPSA) is 110 Å². The van der Waals surface area contributed by atoms with Gasteiger partial charge in [0, 0.05) is 29.2 Å². The van der Waals surface area contributed by atoms with Crippen LogP contribution in [0.15, 0.2) is 72.0 Å². The number of thioether (sulfide) groups is 1. The number of halogens is 2. The van der Waals surface area contributed by atoms with Gasteiger partial charge in [0.05, 0.1) is 29.5 Å². The van der Waals surface area contributed by atoms with Crippen molar-refractivity contribution in [3.05, 3.63) is 88.6 Å². The number of β-lactam (4-membered cyclic amide) rings is 1. The molecule has 0 spiro atoms. The number of aliphatic hydroxyl groups is 2. The van der Waals surface area contributed by atoms with Crippen molar-refractivity contribution in [3.63, 3.8) is 0 Å². The van der Waals surface area contributed by atoms with Crippen LogP contribution in [0.3, 0.4) is 0 Å². The van der Waals surface area contributed by atoms with Crippen molar-refractivity contribution in [2.75, 3.05) is 6.26 Å². The number of fused-ring (bicyclic) bond motifs is 2. The molecule has 9 nitrogen and oxygen atoms in total. The van der Waals surface area contributed by atoms with Crippen LogP contribution in [0, 0.1) is 11.8 Å². The zero-order valence-corrected chi connectivity index (χ0v) is 28.5. The smallest absolute Gasteiger partial charge is 0.352 e. The Morgan fingerprint density at radius 1 is 1.12 bits per heavy atom. The van der Waals surface area contributed by atoms with Crippen molar-refractivity contribution < 1.29 is 68.0 Å². The van der Waals surface area contributed by atoms with E-state index in [-0.39, 0.29) is 64.1 Å². The predicted molar refractivity (Wildman–Crippen MR) is 154 cm³/mol. The van der Waals surface area contributed by atoms with Gasteiger partial charge in [-0.2, -0.15) is 4.40 Å². The number of hydrogen-bond acceptors (Lipinski definition) is 6. The molecule has 1 fully saturated rings. The molecule has 4 aromatic rings. The van der Waals surface area contributed by atoms with Crippen molar-refractivity contribution in [2.24, 2.45) is 11.8 Å². The van der Waals surface area contributed by atoms with Crippen molar-refractivity contribution in [3.8, 4) is 0 Å². The van der Waals surface area contributed by atoms with Crippen molar-refractivity contribution in [1.29, 1.82) is 0 Å². The van der Waals surface area contributed by atoms with E-state index in [1.54, 1.807) is 18.7 Å². The first-order valence-corrected chi connectivity index (χ1v) is 15.5. The lowest BCUT2D eigenvalue weighted by Gasteiger charge is -2.46. The summed E-state index contributed by atoms with van der Waals surface area (Å²) in [6.07, 6.45) is 9.14. The zero-order chi connectivity index (χ0) is 29.0. The highest BCUT2D eigenvalue weighted by Gasteiger charge is 2.60. The minimum Gasteiger partial charge on any atom is -1.00 e. The molecule has 13 heteroatoms. The average Bonchev–Trinajstić information content (AvgIpc) is 3.56. The van der Waals surface area contributed by atoms with E-state index < -0.39 is 18.0 Å². The Bertz CT molecular complexity index is 1700. The molecule has 0 saturated carbocycles. The van der Waals surface area contributed by atoms with Crippen LogP contribution in [0.2, 0.25) is 0 Å². The zero-order valence-electron chi connectivity index (χ0n) is 23.7. The molecule has 2 aliphatic heterocycles. The number of hydrogen-bond donors (Lipinski definition) is 3. The first kappa shape index (κ1) is 33.3. The molecule has 6 rings (SSSR count). The largest absolute Gasteiger partial charge is 1.00 e. The molecule has 228 valence electrons. The van der Waals surface area contributed by atoms with E-state index in [0.717, 1.165) is 26.8 Å². The molecular weight excluding hydrogens is 720 g/mol. The van der Waals surface area contributed by atoms with Crippen molar-refractivity contribution in [1.82, 2.24) is 9.30 Å². The fourth-order valence-electron chi connectivity index (χ4n) is 6.20. The molecular formula is C30H32Br2N4O5S2. The second kappa shape index (κ2) is 13.2. The fraction of sp³-hybridized carbons (Fsp3) is 0.333. The highest BCUT2D eigenvalue weighted by Crippen LogP contribution is 2.51. The molecule has 1 amide bonds. The van der Waals surface area contributed by atoms with Crippen LogP contribution < -0.4 is 43.1 Å². The number of aliphatic hydroxyl groups excluding tert-OH is 2. The summed E-state index contributed by atoms with van der Waals surface area (Å²) in [5, 5.41) is 30.6. The monoisotopic (exact) mass is 750 g/mol. The molecule has 3 aromatic heterocycles. The lowest BCUT2D eigenvalue weighted by Crippen LogP contribution is -3.00. The Labute approximate surface area is 278 Å². The van der Waals surface area contributed by atoms with Gasteiger partial charge in [-0.15, -0.1) is 0 Å². The summed E-state index contributed by atoms with van der Waals surface area (Å²) in [4.78, 5) is 28.3. The van der Waals surface area contributed by atoms with E-state index in [9.17, 15) is 24.9 Å². The van der Waals surface area contributed by atoms with Crippen LogP contribution >= 0.6 is 23.1 Å². The summed E-state index contributed by atoms with van der Waals surface area (Å²) in [7, 11) is 0. The number of carbonyl (C=O) groups excluding carboxylic acids is 1. The number of thiazole rings is 1. The summed E-state index contributed by atoms with van der Waals surface area (Å²) in [6.45, 7) is 4.97. The van der Waals surface area contributed by atoms with Crippen LogP contribution in [0.1, 0.15) is 35.4 Å². The van der Waals surface area contributed by atoms with Gasteiger partial charge in [-0.3, -0.25) is 4.79 Å². The van der Waals surface area contributed by atoms with E-state index in [2.05, 4.69) is 33.4 Å². The Balaban J connectivity index is 0.00000212. The van der Waals surface area contributed by atoms with Gasteiger partial charge in [0.15, 0.2) is 18.9 Å². The van der Waals surface area contributed by atoms with E-state index in [4.69, 9.17) is 0 Å². The minimum atomic E-state index is -1.12. The third-order valence-corrected chi connectivity index (χ3v) is 10.2. The molecule has 0 bridgehead atoms. The number of imidazole rings is 1. The molecule has 0 unspecified atom stereocenters. The number of benzene rings is 1. The predicted octanol–water partition coefficient (Wildman–Crippen LogP) is -3.45. The number of pyridine rings is 1. The van der Waals surface area contributed by atoms with Crippen LogP contribution in [0.4, 0.5) is 0 Å². The van der Waals surface area contributed by atoms with Gasteiger partial charge in [-0.1, -0.05) is 48.2 Å². The maximum Gasteiger partial charge on any atom is 0.352 e. The molecule has 2 aliphatic rings. The summed E-state index contributed by atoms with van der Waals surface area (Å²) in [5.41, 5.74) is 3.92. The van der Waals surface area contributed by atoms with Crippen LogP contribution in [-0.2, 0) is 29.3 Å². The molecule has 43 heavy (non-hydrogen) atoms. The van der Waals surface area contributed by atoms with Gasteiger partial charge < -0.3 is 54.2 Å². The molecule has 4 atom stereocenters. The van der Waals surface area contributed by atoms with E-state index in [1.807, 2.05) is 54.6 Å². The lowest BCUT2D eigenvalue weighted by atomic mass is 9.77. The summed E-state index contributed by atoms with van der Waals surface area (Å²) >= 11 is 3.17. The number of aromatic nitrogens is 3. The van der Waals surface area contributed by atoms with Crippen LogP contribution in [0.25, 0.3) is 10.4 Å². The first-order chi connectivity index (χ1) is 19.7. The van der Waals surface area contributed by atoms with Gasteiger partial charge >= 0.3 is 5.97 Å². The normalized spacial score (nSPS) is 20.0. The van der Waals surface area contributed by atoms with Gasteiger partial charge in [-0.05, 0) is 30.4 Å². The highest BCUT2D eigenvalue weighted by molar-refractivity contribution is 7.98. The molecule has 1 aromatic carbocycles. The lowest BCUT2D eigenvalue weighted by molar-refractivity contribution is -0.721. The second-order valence-electron chi connectivity index (χ2n) is 10.7. The molecule has 3 N–H and O–H groups in total. The van der Waals surface area contributed by atoms with E-state index in [0.29, 0.717) is 12.1 Å². The van der Waals surface area contributed by atoms with Gasteiger partial charge in [0.2, 0.25) is 15.8 Å². The SMILES string of the molecule is CSc1c2sc(C3=C(C(=O)O)N4C(=O)[C@H]([C@@H](C)O)[C@H]4[C@H]3C)cn2c[n+]1Cc1cccc(C[n+]2ccc(CO)cc2)c1.[Br-].[Br-]. The number of amides is 1. The number of rotatable bonds is 9. The minimum absolute atomic E-state index is 0. The van der Waals surface area contributed by atoms with Crippen LogP contribution in [0.5, 0.6) is 0 Å². The molecule has 0 aliphatic carbocycles. The first-order valence-electron chi connectivity index (χ1n) is 13.4. The Morgan fingerprint density at radius 2 is 1.79 bits per heavy atom. The number of carbonyl (C=O) groups is 2.